The summed E-state index contributed by atoms with van der Waals surface area (Å²) in [6.07, 6.45) is 8.31. The van der Waals surface area contributed by atoms with Gasteiger partial charge in [0, 0.05) is 11.1 Å². The SMILES string of the molecule is O=C(c1ccc2ccccc2c1/C=C/c1ccccc1)c1ccc2ccccc2c1/C=C/c1ccccc1. The van der Waals surface area contributed by atoms with Crippen molar-refractivity contribution >= 4 is 51.6 Å². The second-order valence-corrected chi connectivity index (χ2v) is 9.31. The molecule has 1 nitrogen and oxygen atoms in total. The number of hydrogen-bond donors (Lipinski definition) is 0. The molecule has 0 fully saturated rings. The van der Waals surface area contributed by atoms with Gasteiger partial charge in [0.05, 0.1) is 0 Å². The summed E-state index contributed by atoms with van der Waals surface area (Å²) in [6.45, 7) is 0. The molecule has 38 heavy (non-hydrogen) atoms. The first-order chi connectivity index (χ1) is 18.8. The summed E-state index contributed by atoms with van der Waals surface area (Å²) in [7, 11) is 0. The highest BCUT2D eigenvalue weighted by atomic mass is 16.1. The van der Waals surface area contributed by atoms with Gasteiger partial charge in [-0.25, -0.2) is 0 Å². The number of ketones is 1. The number of carbonyl (C=O) groups is 1. The predicted octanol–water partition coefficient (Wildman–Crippen LogP) is 9.56. The van der Waals surface area contributed by atoms with Crippen molar-refractivity contribution in [2.24, 2.45) is 0 Å². The first-order valence-electron chi connectivity index (χ1n) is 12.8. The van der Waals surface area contributed by atoms with E-state index >= 15 is 0 Å². The predicted molar refractivity (Wildman–Crippen MR) is 162 cm³/mol. The summed E-state index contributed by atoms with van der Waals surface area (Å²) in [5.74, 6) is 0.0157. The lowest BCUT2D eigenvalue weighted by Crippen LogP contribution is -2.07. The zero-order valence-corrected chi connectivity index (χ0v) is 20.9. The highest BCUT2D eigenvalue weighted by molar-refractivity contribution is 6.18. The third kappa shape index (κ3) is 4.70. The second kappa shape index (κ2) is 10.5. The number of rotatable bonds is 6. The van der Waals surface area contributed by atoms with E-state index in [4.69, 9.17) is 0 Å². The van der Waals surface area contributed by atoms with Crippen LogP contribution in [0.2, 0.25) is 0 Å². The van der Waals surface area contributed by atoms with Crippen molar-refractivity contribution in [1.82, 2.24) is 0 Å². The van der Waals surface area contributed by atoms with Gasteiger partial charge in [-0.3, -0.25) is 4.79 Å². The van der Waals surface area contributed by atoms with Crippen LogP contribution < -0.4 is 0 Å². The average Bonchev–Trinajstić information content (AvgIpc) is 2.99. The molecular formula is C37H26O. The van der Waals surface area contributed by atoms with Crippen LogP contribution in [0.15, 0.2) is 133 Å². The third-order valence-corrected chi connectivity index (χ3v) is 6.91. The quantitative estimate of drug-likeness (QED) is 0.169. The Morgan fingerprint density at radius 3 is 1.24 bits per heavy atom. The Morgan fingerprint density at radius 2 is 0.789 bits per heavy atom. The molecule has 0 spiro atoms. The van der Waals surface area contributed by atoms with Gasteiger partial charge in [-0.15, -0.1) is 0 Å². The maximum Gasteiger partial charge on any atom is 0.194 e. The van der Waals surface area contributed by atoms with E-state index in [0.29, 0.717) is 11.1 Å². The summed E-state index contributed by atoms with van der Waals surface area (Å²) in [5, 5.41) is 4.35. The Bertz CT molecular complexity index is 1670. The van der Waals surface area contributed by atoms with E-state index < -0.39 is 0 Å². The van der Waals surface area contributed by atoms with Gasteiger partial charge in [0.25, 0.3) is 0 Å². The molecule has 0 saturated carbocycles. The van der Waals surface area contributed by atoms with Gasteiger partial charge in [0.15, 0.2) is 5.78 Å². The van der Waals surface area contributed by atoms with Crippen LogP contribution in [-0.2, 0) is 0 Å². The van der Waals surface area contributed by atoms with E-state index in [-0.39, 0.29) is 5.78 Å². The van der Waals surface area contributed by atoms with E-state index in [1.165, 1.54) is 0 Å². The normalized spacial score (nSPS) is 11.6. The average molecular weight is 487 g/mol. The maximum atomic E-state index is 14.3. The lowest BCUT2D eigenvalue weighted by atomic mass is 9.89. The van der Waals surface area contributed by atoms with Crippen LogP contribution in [0.25, 0.3) is 45.8 Å². The van der Waals surface area contributed by atoms with Crippen LogP contribution in [0.5, 0.6) is 0 Å². The second-order valence-electron chi connectivity index (χ2n) is 9.31. The molecule has 0 radical (unpaired) electrons. The Balaban J connectivity index is 1.53. The van der Waals surface area contributed by atoms with E-state index in [2.05, 4.69) is 72.8 Å². The third-order valence-electron chi connectivity index (χ3n) is 6.91. The van der Waals surface area contributed by atoms with E-state index in [1.807, 2.05) is 84.9 Å². The first-order valence-corrected chi connectivity index (χ1v) is 12.8. The molecule has 0 atom stereocenters. The maximum absolute atomic E-state index is 14.3. The summed E-state index contributed by atoms with van der Waals surface area (Å²) in [4.78, 5) is 14.3. The molecule has 6 aromatic rings. The Kier molecular flexibility index (Phi) is 6.49. The Labute approximate surface area is 223 Å². The fraction of sp³-hybridized carbons (Fsp3) is 0. The minimum Gasteiger partial charge on any atom is -0.289 e. The van der Waals surface area contributed by atoms with Crippen molar-refractivity contribution in [3.05, 3.63) is 167 Å². The zero-order valence-electron chi connectivity index (χ0n) is 20.9. The number of hydrogen-bond acceptors (Lipinski definition) is 1. The van der Waals surface area contributed by atoms with Crippen molar-refractivity contribution in [3.63, 3.8) is 0 Å². The zero-order chi connectivity index (χ0) is 25.7. The standard InChI is InChI=1S/C37H26O/c38-37(35-25-21-29-15-7-9-17-31(29)33(35)23-19-27-11-3-1-4-12-27)36-26-22-30-16-8-10-18-32(30)34(36)24-20-28-13-5-2-6-14-28/h1-26H/b23-19+,24-20+. The molecule has 0 aliphatic rings. The Morgan fingerprint density at radius 1 is 0.395 bits per heavy atom. The number of carbonyl (C=O) groups excluding carboxylic acids is 1. The topological polar surface area (TPSA) is 17.1 Å². The van der Waals surface area contributed by atoms with E-state index in [1.54, 1.807) is 0 Å². The monoisotopic (exact) mass is 486 g/mol. The molecule has 0 heterocycles. The van der Waals surface area contributed by atoms with Crippen LogP contribution >= 0.6 is 0 Å². The van der Waals surface area contributed by atoms with Crippen LogP contribution in [0.4, 0.5) is 0 Å². The number of fused-ring (bicyclic) bond motifs is 2. The molecule has 0 unspecified atom stereocenters. The minimum atomic E-state index is 0.0157. The lowest BCUT2D eigenvalue weighted by Gasteiger charge is -2.13. The molecule has 0 saturated heterocycles. The smallest absolute Gasteiger partial charge is 0.194 e. The summed E-state index contributed by atoms with van der Waals surface area (Å²) >= 11 is 0. The van der Waals surface area contributed by atoms with E-state index in [0.717, 1.165) is 43.8 Å². The van der Waals surface area contributed by atoms with Crippen LogP contribution in [0, 0.1) is 0 Å². The lowest BCUT2D eigenvalue weighted by molar-refractivity contribution is 0.103. The first kappa shape index (κ1) is 23.4. The summed E-state index contributed by atoms with van der Waals surface area (Å²) < 4.78 is 0. The van der Waals surface area contributed by atoms with Crippen molar-refractivity contribution in [2.45, 2.75) is 0 Å². The fourth-order valence-electron chi connectivity index (χ4n) is 4.98. The van der Waals surface area contributed by atoms with Crippen molar-refractivity contribution in [1.29, 1.82) is 0 Å². The molecule has 0 bridgehead atoms. The van der Waals surface area contributed by atoms with Gasteiger partial charge in [-0.05, 0) is 55.9 Å². The molecule has 0 N–H and O–H groups in total. The highest BCUT2D eigenvalue weighted by Crippen LogP contribution is 2.31. The molecule has 6 aromatic carbocycles. The highest BCUT2D eigenvalue weighted by Gasteiger charge is 2.18. The fourth-order valence-corrected chi connectivity index (χ4v) is 4.98. The molecule has 0 aliphatic carbocycles. The summed E-state index contributed by atoms with van der Waals surface area (Å²) in [6, 6.07) is 44.9. The van der Waals surface area contributed by atoms with Crippen molar-refractivity contribution in [3.8, 4) is 0 Å². The Hall–Kier alpha value is -5.01. The molecule has 180 valence electrons. The van der Waals surface area contributed by atoms with Crippen LogP contribution in [0.1, 0.15) is 38.2 Å². The van der Waals surface area contributed by atoms with Crippen molar-refractivity contribution in [2.75, 3.05) is 0 Å². The van der Waals surface area contributed by atoms with E-state index in [9.17, 15) is 4.79 Å². The van der Waals surface area contributed by atoms with Gasteiger partial charge >= 0.3 is 0 Å². The minimum absolute atomic E-state index is 0.0157. The summed E-state index contributed by atoms with van der Waals surface area (Å²) in [5.41, 5.74) is 5.44. The van der Waals surface area contributed by atoms with Crippen molar-refractivity contribution < 1.29 is 4.79 Å². The number of benzene rings is 6. The molecule has 1 heteroatoms. The molecule has 0 aliphatic heterocycles. The largest absolute Gasteiger partial charge is 0.289 e. The van der Waals surface area contributed by atoms with Crippen LogP contribution in [-0.4, -0.2) is 5.78 Å². The van der Waals surface area contributed by atoms with Gasteiger partial charge in [-0.1, -0.05) is 146 Å². The molecule has 0 amide bonds. The van der Waals surface area contributed by atoms with Gasteiger partial charge in [0.2, 0.25) is 0 Å². The molecular weight excluding hydrogens is 460 g/mol. The molecule has 6 rings (SSSR count). The molecule has 0 aromatic heterocycles. The van der Waals surface area contributed by atoms with Crippen LogP contribution in [0.3, 0.4) is 0 Å². The van der Waals surface area contributed by atoms with Gasteiger partial charge in [-0.2, -0.15) is 0 Å². The van der Waals surface area contributed by atoms with Gasteiger partial charge in [0.1, 0.15) is 0 Å². The van der Waals surface area contributed by atoms with Gasteiger partial charge < -0.3 is 0 Å².